The predicted molar refractivity (Wildman–Crippen MR) is 101 cm³/mol. The minimum atomic E-state index is -0.279. The number of rotatable bonds is 5. The number of pyridine rings is 1. The number of fused-ring (bicyclic) bond motifs is 2. The van der Waals surface area contributed by atoms with Crippen LogP contribution in [0, 0.1) is 0 Å². The van der Waals surface area contributed by atoms with E-state index in [9.17, 15) is 9.59 Å². The summed E-state index contributed by atoms with van der Waals surface area (Å²) in [6, 6.07) is 16.6. The molecule has 2 heterocycles. The Labute approximate surface area is 149 Å². The van der Waals surface area contributed by atoms with Crippen molar-refractivity contribution in [2.45, 2.75) is 13.0 Å². The molecular formula is C20H18N4O2. The van der Waals surface area contributed by atoms with Gasteiger partial charge in [-0.05, 0) is 24.6 Å². The standard InChI is InChI=1S/C20H18N4O2/c25-19-12-15(14-6-1-2-7-16(14)23-19)20(26)21-10-5-11-24-13-22-17-8-3-4-9-18(17)24/h1-4,6-9,12-13H,5,10-11H2,(H,21,26)(H,23,25). The molecule has 6 nitrogen and oxygen atoms in total. The SMILES string of the molecule is O=C(NCCCn1cnc2ccccc21)c1cc(=O)[nH]c2ccccc12. The summed E-state index contributed by atoms with van der Waals surface area (Å²) in [7, 11) is 0. The summed E-state index contributed by atoms with van der Waals surface area (Å²) in [4.78, 5) is 31.4. The van der Waals surface area contributed by atoms with E-state index in [1.54, 1.807) is 6.07 Å². The second-order valence-corrected chi connectivity index (χ2v) is 6.13. The lowest BCUT2D eigenvalue weighted by molar-refractivity contribution is 0.0954. The Balaban J connectivity index is 1.42. The molecular weight excluding hydrogens is 328 g/mol. The smallest absolute Gasteiger partial charge is 0.252 e. The van der Waals surface area contributed by atoms with Gasteiger partial charge in [-0.2, -0.15) is 0 Å². The van der Waals surface area contributed by atoms with E-state index in [-0.39, 0.29) is 11.5 Å². The first-order valence-electron chi connectivity index (χ1n) is 8.52. The van der Waals surface area contributed by atoms with E-state index >= 15 is 0 Å². The molecule has 26 heavy (non-hydrogen) atoms. The maximum Gasteiger partial charge on any atom is 0.252 e. The Bertz CT molecular complexity index is 1140. The largest absolute Gasteiger partial charge is 0.352 e. The molecule has 2 aromatic heterocycles. The first-order chi connectivity index (χ1) is 12.7. The van der Waals surface area contributed by atoms with Gasteiger partial charge < -0.3 is 14.9 Å². The van der Waals surface area contributed by atoms with Crippen molar-refractivity contribution in [2.24, 2.45) is 0 Å². The molecule has 0 saturated carbocycles. The van der Waals surface area contributed by atoms with Gasteiger partial charge in [-0.15, -0.1) is 0 Å². The Morgan fingerprint density at radius 2 is 1.92 bits per heavy atom. The topological polar surface area (TPSA) is 79.8 Å². The van der Waals surface area contributed by atoms with Crippen LogP contribution in [0.25, 0.3) is 21.9 Å². The van der Waals surface area contributed by atoms with Crippen LogP contribution in [0.4, 0.5) is 0 Å². The summed E-state index contributed by atoms with van der Waals surface area (Å²) in [5, 5.41) is 3.64. The molecule has 0 bridgehead atoms. The third-order valence-electron chi connectivity index (χ3n) is 4.38. The lowest BCUT2D eigenvalue weighted by Crippen LogP contribution is -2.26. The van der Waals surface area contributed by atoms with Gasteiger partial charge in [-0.25, -0.2) is 4.98 Å². The second kappa shape index (κ2) is 6.84. The van der Waals surface area contributed by atoms with Crippen molar-refractivity contribution >= 4 is 27.8 Å². The number of hydrogen-bond donors (Lipinski definition) is 2. The Hall–Kier alpha value is -3.41. The van der Waals surface area contributed by atoms with Gasteiger partial charge in [0.1, 0.15) is 0 Å². The number of hydrogen-bond acceptors (Lipinski definition) is 3. The van der Waals surface area contributed by atoms with E-state index < -0.39 is 0 Å². The predicted octanol–water partition coefficient (Wildman–Crippen LogP) is 2.70. The summed E-state index contributed by atoms with van der Waals surface area (Å²) in [6.45, 7) is 1.28. The fourth-order valence-electron chi connectivity index (χ4n) is 3.13. The minimum Gasteiger partial charge on any atom is -0.352 e. The summed E-state index contributed by atoms with van der Waals surface area (Å²) in [5.74, 6) is -0.234. The fourth-order valence-corrected chi connectivity index (χ4v) is 3.13. The number of imidazole rings is 1. The van der Waals surface area contributed by atoms with Gasteiger partial charge in [-0.3, -0.25) is 9.59 Å². The van der Waals surface area contributed by atoms with Crippen LogP contribution >= 0.6 is 0 Å². The highest BCUT2D eigenvalue weighted by molar-refractivity contribution is 6.05. The van der Waals surface area contributed by atoms with Gasteiger partial charge in [0, 0.05) is 30.1 Å². The van der Waals surface area contributed by atoms with E-state index in [1.807, 2.05) is 48.8 Å². The van der Waals surface area contributed by atoms with Crippen molar-refractivity contribution in [3.8, 4) is 0 Å². The van der Waals surface area contributed by atoms with Crippen LogP contribution in [0.3, 0.4) is 0 Å². The van der Waals surface area contributed by atoms with Gasteiger partial charge in [0.05, 0.1) is 22.9 Å². The Morgan fingerprint density at radius 3 is 2.85 bits per heavy atom. The molecule has 1 amide bonds. The quantitative estimate of drug-likeness (QED) is 0.545. The number of carbonyl (C=O) groups excluding carboxylic acids is 1. The van der Waals surface area contributed by atoms with Crippen LogP contribution < -0.4 is 10.9 Å². The number of para-hydroxylation sites is 3. The molecule has 0 radical (unpaired) electrons. The van der Waals surface area contributed by atoms with Crippen LogP contribution in [-0.4, -0.2) is 27.0 Å². The number of aromatic amines is 1. The van der Waals surface area contributed by atoms with Gasteiger partial charge in [0.15, 0.2) is 0 Å². The van der Waals surface area contributed by atoms with Gasteiger partial charge >= 0.3 is 0 Å². The van der Waals surface area contributed by atoms with Gasteiger partial charge in [0.25, 0.3) is 5.91 Å². The van der Waals surface area contributed by atoms with Crippen molar-refractivity contribution in [2.75, 3.05) is 6.54 Å². The molecule has 0 aliphatic heterocycles. The zero-order valence-corrected chi connectivity index (χ0v) is 14.1. The fraction of sp³-hybridized carbons (Fsp3) is 0.150. The van der Waals surface area contributed by atoms with Crippen LogP contribution in [0.5, 0.6) is 0 Å². The number of amides is 1. The average Bonchev–Trinajstić information content (AvgIpc) is 3.07. The monoisotopic (exact) mass is 346 g/mol. The van der Waals surface area contributed by atoms with E-state index in [0.29, 0.717) is 17.6 Å². The van der Waals surface area contributed by atoms with Crippen molar-refractivity contribution in [3.05, 3.63) is 76.8 Å². The van der Waals surface area contributed by atoms with Gasteiger partial charge in [0.2, 0.25) is 5.56 Å². The third-order valence-corrected chi connectivity index (χ3v) is 4.38. The molecule has 0 aliphatic rings. The molecule has 6 heteroatoms. The number of carbonyl (C=O) groups is 1. The summed E-state index contributed by atoms with van der Waals surface area (Å²) in [5.41, 5.74) is 2.83. The van der Waals surface area contributed by atoms with Crippen molar-refractivity contribution < 1.29 is 4.79 Å². The number of nitrogens with one attached hydrogen (secondary N) is 2. The highest BCUT2D eigenvalue weighted by Crippen LogP contribution is 2.14. The number of H-pyrrole nitrogens is 1. The first-order valence-corrected chi connectivity index (χ1v) is 8.52. The van der Waals surface area contributed by atoms with Gasteiger partial charge in [-0.1, -0.05) is 30.3 Å². The highest BCUT2D eigenvalue weighted by atomic mass is 16.2. The van der Waals surface area contributed by atoms with Crippen LogP contribution in [0.15, 0.2) is 65.7 Å². The lowest BCUT2D eigenvalue weighted by atomic mass is 10.1. The molecule has 0 fully saturated rings. The molecule has 4 aromatic rings. The number of nitrogens with zero attached hydrogens (tertiary/aromatic N) is 2. The zero-order valence-electron chi connectivity index (χ0n) is 14.1. The highest BCUT2D eigenvalue weighted by Gasteiger charge is 2.11. The van der Waals surface area contributed by atoms with Crippen LogP contribution in [-0.2, 0) is 6.54 Å². The van der Waals surface area contributed by atoms with E-state index in [4.69, 9.17) is 0 Å². The maximum absolute atomic E-state index is 12.5. The van der Waals surface area contributed by atoms with Crippen molar-refractivity contribution in [1.29, 1.82) is 0 Å². The third kappa shape index (κ3) is 3.09. The molecule has 0 unspecified atom stereocenters. The summed E-state index contributed by atoms with van der Waals surface area (Å²) in [6.07, 6.45) is 2.59. The molecule has 4 rings (SSSR count). The summed E-state index contributed by atoms with van der Waals surface area (Å²) < 4.78 is 2.07. The molecule has 0 saturated heterocycles. The first kappa shape index (κ1) is 16.1. The lowest BCUT2D eigenvalue weighted by Gasteiger charge is -2.08. The molecule has 130 valence electrons. The molecule has 0 spiro atoms. The number of benzene rings is 2. The number of aryl methyl sites for hydroxylation is 1. The minimum absolute atomic E-state index is 0.234. The summed E-state index contributed by atoms with van der Waals surface area (Å²) >= 11 is 0. The number of aromatic nitrogens is 3. The Kier molecular flexibility index (Phi) is 4.23. The van der Waals surface area contributed by atoms with E-state index in [1.165, 1.54) is 6.07 Å². The molecule has 0 aliphatic carbocycles. The Morgan fingerprint density at radius 1 is 1.12 bits per heavy atom. The van der Waals surface area contributed by atoms with E-state index in [0.717, 1.165) is 29.4 Å². The second-order valence-electron chi connectivity index (χ2n) is 6.13. The van der Waals surface area contributed by atoms with Crippen molar-refractivity contribution in [3.63, 3.8) is 0 Å². The maximum atomic E-state index is 12.5. The zero-order chi connectivity index (χ0) is 17.9. The van der Waals surface area contributed by atoms with Crippen LogP contribution in [0.1, 0.15) is 16.8 Å². The molecule has 2 aromatic carbocycles. The normalized spacial score (nSPS) is 11.1. The average molecular weight is 346 g/mol. The molecule has 2 N–H and O–H groups in total. The van der Waals surface area contributed by atoms with E-state index in [2.05, 4.69) is 19.9 Å². The molecule has 0 atom stereocenters. The van der Waals surface area contributed by atoms with Crippen LogP contribution in [0.2, 0.25) is 0 Å². The van der Waals surface area contributed by atoms with Crippen molar-refractivity contribution in [1.82, 2.24) is 19.9 Å².